The minimum atomic E-state index is -0.384. The van der Waals surface area contributed by atoms with Crippen LogP contribution in [0.15, 0.2) is 18.5 Å². The molecule has 96 valence electrons. The van der Waals surface area contributed by atoms with Gasteiger partial charge in [0, 0.05) is 12.6 Å². The lowest BCUT2D eigenvalue weighted by Crippen LogP contribution is -2.36. The quantitative estimate of drug-likeness (QED) is 0.765. The minimum absolute atomic E-state index is 0.162. The lowest BCUT2D eigenvalue weighted by molar-refractivity contribution is -0.127. The molecule has 1 saturated carbocycles. The molecule has 1 spiro atoms. The molecule has 4 heteroatoms. The summed E-state index contributed by atoms with van der Waals surface area (Å²) < 4.78 is 13.2. The largest absolute Gasteiger partial charge is 0.310 e. The molecule has 2 aliphatic rings. The van der Waals surface area contributed by atoms with Crippen LogP contribution >= 0.6 is 0 Å². The maximum Gasteiger partial charge on any atom is 0.233 e. The first-order valence-electron chi connectivity index (χ1n) is 6.64. The summed E-state index contributed by atoms with van der Waals surface area (Å²) in [5.41, 5.74) is 0.437. The highest BCUT2D eigenvalue weighted by Crippen LogP contribution is 2.45. The Kier molecular flexibility index (Phi) is 2.80. The number of hydrogen-bond acceptors (Lipinski definition) is 2. The Hall–Kier alpha value is -1.45. The molecule has 18 heavy (non-hydrogen) atoms. The van der Waals surface area contributed by atoms with Gasteiger partial charge in [-0.1, -0.05) is 19.3 Å². The first kappa shape index (κ1) is 11.6. The third-order valence-electron chi connectivity index (χ3n) is 4.33. The van der Waals surface area contributed by atoms with Crippen LogP contribution in [0.3, 0.4) is 0 Å². The summed E-state index contributed by atoms with van der Waals surface area (Å²) in [6, 6.07) is 1.40. The second-order valence-electron chi connectivity index (χ2n) is 5.41. The van der Waals surface area contributed by atoms with Crippen molar-refractivity contribution in [2.24, 2.45) is 5.41 Å². The predicted molar refractivity (Wildman–Crippen MR) is 66.7 cm³/mol. The molecule has 1 aromatic heterocycles. The highest BCUT2D eigenvalue weighted by atomic mass is 19.1. The standard InChI is InChI=1S/C14H17FN2O/c15-11-8-12(10-16-9-11)17-7-6-14(13(17)18)4-2-1-3-5-14/h8-10H,1-7H2. The Morgan fingerprint density at radius 1 is 1.17 bits per heavy atom. The van der Waals surface area contributed by atoms with Gasteiger partial charge in [-0.25, -0.2) is 4.39 Å². The van der Waals surface area contributed by atoms with E-state index in [4.69, 9.17) is 0 Å². The molecule has 0 bridgehead atoms. The second kappa shape index (κ2) is 4.34. The van der Waals surface area contributed by atoms with Crippen molar-refractivity contribution in [3.8, 4) is 0 Å². The summed E-state index contributed by atoms with van der Waals surface area (Å²) >= 11 is 0. The van der Waals surface area contributed by atoms with Crippen molar-refractivity contribution < 1.29 is 9.18 Å². The molecule has 2 fully saturated rings. The average molecular weight is 248 g/mol. The zero-order valence-corrected chi connectivity index (χ0v) is 10.4. The first-order chi connectivity index (χ1) is 8.71. The molecular weight excluding hydrogens is 231 g/mol. The number of amides is 1. The molecule has 0 N–H and O–H groups in total. The zero-order chi connectivity index (χ0) is 12.6. The van der Waals surface area contributed by atoms with Crippen LogP contribution < -0.4 is 4.90 Å². The second-order valence-corrected chi connectivity index (χ2v) is 5.41. The monoisotopic (exact) mass is 248 g/mol. The topological polar surface area (TPSA) is 33.2 Å². The van der Waals surface area contributed by atoms with E-state index in [1.54, 1.807) is 11.1 Å². The molecule has 2 heterocycles. The molecule has 3 rings (SSSR count). The number of aromatic nitrogens is 1. The van der Waals surface area contributed by atoms with E-state index in [2.05, 4.69) is 4.98 Å². The first-order valence-corrected chi connectivity index (χ1v) is 6.64. The van der Waals surface area contributed by atoms with Gasteiger partial charge in [-0.3, -0.25) is 9.78 Å². The molecule has 0 radical (unpaired) electrons. The van der Waals surface area contributed by atoms with Crippen molar-refractivity contribution in [3.63, 3.8) is 0 Å². The number of hydrogen-bond donors (Lipinski definition) is 0. The van der Waals surface area contributed by atoms with Crippen LogP contribution in [0.5, 0.6) is 0 Å². The zero-order valence-electron chi connectivity index (χ0n) is 10.4. The molecule has 1 saturated heterocycles. The Bertz CT molecular complexity index is 469. The molecular formula is C14H17FN2O. The lowest BCUT2D eigenvalue weighted by Gasteiger charge is -2.31. The number of halogens is 1. The fraction of sp³-hybridized carbons (Fsp3) is 0.571. The maximum absolute atomic E-state index is 13.2. The predicted octanol–water partition coefficient (Wildman–Crippen LogP) is 2.91. The molecule has 0 aromatic carbocycles. The Balaban J connectivity index is 1.86. The van der Waals surface area contributed by atoms with E-state index in [1.165, 1.54) is 18.7 Å². The van der Waals surface area contributed by atoms with Gasteiger partial charge in [0.25, 0.3) is 0 Å². The van der Waals surface area contributed by atoms with Crippen LogP contribution in [0.2, 0.25) is 0 Å². The Labute approximate surface area is 106 Å². The Morgan fingerprint density at radius 2 is 1.94 bits per heavy atom. The van der Waals surface area contributed by atoms with Gasteiger partial charge >= 0.3 is 0 Å². The van der Waals surface area contributed by atoms with Gasteiger partial charge in [0.05, 0.1) is 23.5 Å². The van der Waals surface area contributed by atoms with Gasteiger partial charge in [0.15, 0.2) is 0 Å². The average Bonchev–Trinajstić information content (AvgIpc) is 2.68. The number of carbonyl (C=O) groups excluding carboxylic acids is 1. The Morgan fingerprint density at radius 3 is 2.67 bits per heavy atom. The van der Waals surface area contributed by atoms with Crippen LogP contribution in [0.1, 0.15) is 38.5 Å². The van der Waals surface area contributed by atoms with Gasteiger partial charge in [0.2, 0.25) is 5.91 Å². The molecule has 1 aromatic rings. The highest BCUT2D eigenvalue weighted by Gasteiger charge is 2.47. The third kappa shape index (κ3) is 1.80. The van der Waals surface area contributed by atoms with E-state index in [0.29, 0.717) is 12.2 Å². The van der Waals surface area contributed by atoms with E-state index < -0.39 is 0 Å². The minimum Gasteiger partial charge on any atom is -0.310 e. The van der Waals surface area contributed by atoms with Crippen LogP contribution in [0.4, 0.5) is 10.1 Å². The van der Waals surface area contributed by atoms with Crippen molar-refractivity contribution in [1.82, 2.24) is 4.98 Å². The summed E-state index contributed by atoms with van der Waals surface area (Å²) in [4.78, 5) is 18.1. The molecule has 1 aliphatic heterocycles. The van der Waals surface area contributed by atoms with E-state index >= 15 is 0 Å². The van der Waals surface area contributed by atoms with Gasteiger partial charge in [0.1, 0.15) is 5.82 Å². The highest BCUT2D eigenvalue weighted by molar-refractivity contribution is 5.99. The smallest absolute Gasteiger partial charge is 0.233 e. The SMILES string of the molecule is O=C1N(c2cncc(F)c2)CCC12CCCCC2. The van der Waals surface area contributed by atoms with Crippen LogP contribution in [0.25, 0.3) is 0 Å². The van der Waals surface area contributed by atoms with Gasteiger partial charge in [-0.2, -0.15) is 0 Å². The summed E-state index contributed by atoms with van der Waals surface area (Å²) in [6.07, 6.45) is 9.14. The van der Waals surface area contributed by atoms with Crippen molar-refractivity contribution in [3.05, 3.63) is 24.3 Å². The molecule has 0 unspecified atom stereocenters. The number of rotatable bonds is 1. The lowest BCUT2D eigenvalue weighted by atomic mass is 9.73. The molecule has 1 amide bonds. The van der Waals surface area contributed by atoms with Gasteiger partial charge < -0.3 is 4.90 Å². The van der Waals surface area contributed by atoms with Gasteiger partial charge in [-0.15, -0.1) is 0 Å². The van der Waals surface area contributed by atoms with E-state index in [0.717, 1.165) is 32.1 Å². The summed E-state index contributed by atoms with van der Waals surface area (Å²) in [7, 11) is 0. The van der Waals surface area contributed by atoms with E-state index in [9.17, 15) is 9.18 Å². The van der Waals surface area contributed by atoms with Crippen molar-refractivity contribution in [2.45, 2.75) is 38.5 Å². The molecule has 3 nitrogen and oxygen atoms in total. The van der Waals surface area contributed by atoms with Crippen molar-refractivity contribution in [1.29, 1.82) is 0 Å². The van der Waals surface area contributed by atoms with Gasteiger partial charge in [-0.05, 0) is 19.3 Å². The summed E-state index contributed by atoms with van der Waals surface area (Å²) in [5.74, 6) is -0.209. The molecule has 1 aliphatic carbocycles. The number of pyridine rings is 1. The molecule has 0 atom stereocenters. The normalized spacial score (nSPS) is 22.7. The van der Waals surface area contributed by atoms with Crippen molar-refractivity contribution in [2.75, 3.05) is 11.4 Å². The fourth-order valence-electron chi connectivity index (χ4n) is 3.31. The number of nitrogens with zero attached hydrogens (tertiary/aromatic N) is 2. The van der Waals surface area contributed by atoms with E-state index in [1.807, 2.05) is 0 Å². The van der Waals surface area contributed by atoms with Crippen molar-refractivity contribution >= 4 is 11.6 Å². The van der Waals surface area contributed by atoms with E-state index in [-0.39, 0.29) is 17.1 Å². The fourth-order valence-corrected chi connectivity index (χ4v) is 3.31. The number of anilines is 1. The third-order valence-corrected chi connectivity index (χ3v) is 4.33. The summed E-state index contributed by atoms with van der Waals surface area (Å²) in [6.45, 7) is 0.698. The maximum atomic E-state index is 13.2. The number of carbonyl (C=O) groups is 1. The van der Waals surface area contributed by atoms with Crippen LogP contribution in [-0.2, 0) is 4.79 Å². The van der Waals surface area contributed by atoms with Crippen LogP contribution in [0, 0.1) is 11.2 Å². The van der Waals surface area contributed by atoms with Crippen LogP contribution in [-0.4, -0.2) is 17.4 Å². The summed E-state index contributed by atoms with van der Waals surface area (Å²) in [5, 5.41) is 0.